The van der Waals surface area contributed by atoms with Gasteiger partial charge in [0, 0.05) is 20.6 Å². The fourth-order valence-electron chi connectivity index (χ4n) is 2.64. The molecule has 1 aliphatic heterocycles. The van der Waals surface area contributed by atoms with Crippen LogP contribution in [0.4, 0.5) is 5.82 Å². The van der Waals surface area contributed by atoms with Gasteiger partial charge in [0.05, 0.1) is 35.5 Å². The molecule has 8 nitrogen and oxygen atoms in total. The summed E-state index contributed by atoms with van der Waals surface area (Å²) in [4.78, 5) is 10.4. The maximum Gasteiger partial charge on any atom is 0.243 e. The molecular formula is C17H19N5O3S. The molecule has 0 radical (unpaired) electrons. The van der Waals surface area contributed by atoms with Crippen molar-refractivity contribution in [2.24, 2.45) is 0 Å². The van der Waals surface area contributed by atoms with Gasteiger partial charge in [-0.25, -0.2) is 8.42 Å². The van der Waals surface area contributed by atoms with Crippen molar-refractivity contribution in [1.82, 2.24) is 14.3 Å². The normalized spacial score (nSPS) is 17.7. The van der Waals surface area contributed by atoms with E-state index in [9.17, 15) is 8.42 Å². The Hall–Kier alpha value is -2.70. The summed E-state index contributed by atoms with van der Waals surface area (Å²) >= 11 is 0. The quantitative estimate of drug-likeness (QED) is 0.778. The average molecular weight is 373 g/mol. The second-order valence-corrected chi connectivity index (χ2v) is 8.08. The Morgan fingerprint density at radius 1 is 1.27 bits per heavy atom. The van der Waals surface area contributed by atoms with Crippen LogP contribution in [0.1, 0.15) is 12.0 Å². The number of nitriles is 1. The molecule has 9 heteroatoms. The molecule has 2 aromatic rings. The van der Waals surface area contributed by atoms with Gasteiger partial charge in [-0.15, -0.1) is 0 Å². The van der Waals surface area contributed by atoms with Gasteiger partial charge < -0.3 is 9.64 Å². The minimum atomic E-state index is -3.61. The van der Waals surface area contributed by atoms with E-state index in [2.05, 4.69) is 9.97 Å². The summed E-state index contributed by atoms with van der Waals surface area (Å²) in [6.07, 6.45) is 3.44. The molecule has 0 spiro atoms. The molecule has 1 aliphatic rings. The van der Waals surface area contributed by atoms with E-state index in [1.807, 2.05) is 25.1 Å². The van der Waals surface area contributed by atoms with Crippen LogP contribution in [0.15, 0.2) is 41.6 Å². The fourth-order valence-corrected chi connectivity index (χ4v) is 4.13. The molecule has 0 N–H and O–H groups in total. The van der Waals surface area contributed by atoms with E-state index in [-0.39, 0.29) is 17.5 Å². The molecule has 1 saturated heterocycles. The number of rotatable bonds is 5. The number of hydrogen-bond donors (Lipinski definition) is 0. The minimum absolute atomic E-state index is 0.173. The molecule has 136 valence electrons. The summed E-state index contributed by atoms with van der Waals surface area (Å²) in [5.41, 5.74) is 0.422. The Morgan fingerprint density at radius 2 is 2.00 bits per heavy atom. The molecule has 1 atom stereocenters. The van der Waals surface area contributed by atoms with Crippen molar-refractivity contribution in [3.8, 4) is 11.9 Å². The summed E-state index contributed by atoms with van der Waals surface area (Å²) in [7, 11) is 0.102. The highest BCUT2D eigenvalue weighted by atomic mass is 32.2. The van der Waals surface area contributed by atoms with Gasteiger partial charge in [0.15, 0.2) is 5.82 Å². The maximum atomic E-state index is 12.7. The standard InChI is InChI=1S/C17H19N5O3S/c1-21(2)16-10-19-11-17(20-16)25-14-7-8-22(12-14)26(23,24)15-5-3-13(9-18)4-6-15/h3-6,10-11,14H,7-8,12H2,1-2H3. The van der Waals surface area contributed by atoms with Crippen LogP contribution < -0.4 is 9.64 Å². The number of nitrogens with zero attached hydrogens (tertiary/aromatic N) is 5. The Kier molecular flexibility index (Phi) is 5.06. The zero-order valence-electron chi connectivity index (χ0n) is 14.5. The SMILES string of the molecule is CN(C)c1cncc(OC2CCN(S(=O)(=O)c3ccc(C#N)cc3)C2)n1. The summed E-state index contributed by atoms with van der Waals surface area (Å²) in [5.74, 6) is 1.04. The van der Waals surface area contributed by atoms with E-state index in [1.54, 1.807) is 6.20 Å². The average Bonchev–Trinajstić information content (AvgIpc) is 3.11. The van der Waals surface area contributed by atoms with E-state index in [0.29, 0.717) is 30.2 Å². The van der Waals surface area contributed by atoms with Crippen molar-refractivity contribution >= 4 is 15.8 Å². The molecule has 1 fully saturated rings. The highest BCUT2D eigenvalue weighted by Crippen LogP contribution is 2.24. The lowest BCUT2D eigenvalue weighted by Crippen LogP contribution is -2.31. The highest BCUT2D eigenvalue weighted by molar-refractivity contribution is 7.89. The highest BCUT2D eigenvalue weighted by Gasteiger charge is 2.33. The van der Waals surface area contributed by atoms with E-state index < -0.39 is 10.0 Å². The summed E-state index contributed by atoms with van der Waals surface area (Å²) < 4.78 is 32.7. The van der Waals surface area contributed by atoms with Crippen LogP contribution in [-0.2, 0) is 10.0 Å². The molecule has 0 amide bonds. The molecule has 1 aromatic carbocycles. The number of anilines is 1. The third-order valence-corrected chi connectivity index (χ3v) is 5.95. The molecular weight excluding hydrogens is 354 g/mol. The Labute approximate surface area is 152 Å². The van der Waals surface area contributed by atoms with Gasteiger partial charge in [-0.3, -0.25) is 4.98 Å². The zero-order chi connectivity index (χ0) is 18.7. The van der Waals surface area contributed by atoms with Crippen LogP contribution >= 0.6 is 0 Å². The van der Waals surface area contributed by atoms with Gasteiger partial charge in [-0.05, 0) is 30.7 Å². The lowest BCUT2D eigenvalue weighted by atomic mass is 10.2. The molecule has 0 saturated carbocycles. The van der Waals surface area contributed by atoms with E-state index in [1.165, 1.54) is 34.8 Å². The first kappa shape index (κ1) is 18.1. The molecule has 0 aliphatic carbocycles. The first-order valence-corrected chi connectivity index (χ1v) is 9.50. The second kappa shape index (κ2) is 7.27. The van der Waals surface area contributed by atoms with Crippen molar-refractivity contribution < 1.29 is 13.2 Å². The molecule has 26 heavy (non-hydrogen) atoms. The van der Waals surface area contributed by atoms with Crippen molar-refractivity contribution in [1.29, 1.82) is 5.26 Å². The molecule has 0 bridgehead atoms. The minimum Gasteiger partial charge on any atom is -0.472 e. The van der Waals surface area contributed by atoms with Crippen LogP contribution in [0.5, 0.6) is 5.88 Å². The van der Waals surface area contributed by atoms with Crippen molar-refractivity contribution in [3.63, 3.8) is 0 Å². The van der Waals surface area contributed by atoms with Crippen molar-refractivity contribution in [3.05, 3.63) is 42.2 Å². The molecule has 3 rings (SSSR count). The van der Waals surface area contributed by atoms with Crippen LogP contribution in [0.2, 0.25) is 0 Å². The van der Waals surface area contributed by atoms with Crippen LogP contribution in [0, 0.1) is 11.3 Å². The summed E-state index contributed by atoms with van der Waals surface area (Å²) in [5, 5.41) is 8.83. The summed E-state index contributed by atoms with van der Waals surface area (Å²) in [6.45, 7) is 0.615. The fraction of sp³-hybridized carbons (Fsp3) is 0.353. The number of ether oxygens (including phenoxy) is 1. The van der Waals surface area contributed by atoms with Crippen LogP contribution in [-0.4, -0.2) is 56.0 Å². The Balaban J connectivity index is 1.69. The number of benzene rings is 1. The molecule has 2 heterocycles. The summed E-state index contributed by atoms with van der Waals surface area (Å²) in [6, 6.07) is 7.88. The number of sulfonamides is 1. The number of hydrogen-bond acceptors (Lipinski definition) is 7. The maximum absolute atomic E-state index is 12.7. The van der Waals surface area contributed by atoms with E-state index in [4.69, 9.17) is 10.00 Å². The smallest absolute Gasteiger partial charge is 0.243 e. The Bertz CT molecular complexity index is 922. The lowest BCUT2D eigenvalue weighted by Gasteiger charge is -2.17. The monoisotopic (exact) mass is 373 g/mol. The van der Waals surface area contributed by atoms with Gasteiger partial charge in [-0.1, -0.05) is 0 Å². The van der Waals surface area contributed by atoms with Gasteiger partial charge in [-0.2, -0.15) is 14.6 Å². The molecule has 1 aromatic heterocycles. The lowest BCUT2D eigenvalue weighted by molar-refractivity contribution is 0.206. The van der Waals surface area contributed by atoms with Gasteiger partial charge in [0.25, 0.3) is 0 Å². The van der Waals surface area contributed by atoms with Gasteiger partial charge >= 0.3 is 0 Å². The predicted octanol–water partition coefficient (Wildman–Crippen LogP) is 1.26. The topological polar surface area (TPSA) is 99.4 Å². The first-order chi connectivity index (χ1) is 12.4. The third kappa shape index (κ3) is 3.76. The van der Waals surface area contributed by atoms with Gasteiger partial charge in [0.2, 0.25) is 15.9 Å². The van der Waals surface area contributed by atoms with Gasteiger partial charge in [0.1, 0.15) is 6.10 Å². The number of aromatic nitrogens is 2. The van der Waals surface area contributed by atoms with Crippen molar-refractivity contribution in [2.75, 3.05) is 32.1 Å². The zero-order valence-corrected chi connectivity index (χ0v) is 15.3. The van der Waals surface area contributed by atoms with E-state index >= 15 is 0 Å². The predicted molar refractivity (Wildman–Crippen MR) is 95.3 cm³/mol. The third-order valence-electron chi connectivity index (χ3n) is 4.07. The Morgan fingerprint density at radius 3 is 2.65 bits per heavy atom. The molecule has 1 unspecified atom stereocenters. The van der Waals surface area contributed by atoms with Crippen molar-refractivity contribution in [2.45, 2.75) is 17.4 Å². The van der Waals surface area contributed by atoms with Crippen LogP contribution in [0.25, 0.3) is 0 Å². The van der Waals surface area contributed by atoms with Crippen LogP contribution in [0.3, 0.4) is 0 Å². The first-order valence-electron chi connectivity index (χ1n) is 8.06. The van der Waals surface area contributed by atoms with E-state index in [0.717, 1.165) is 0 Å². The largest absolute Gasteiger partial charge is 0.472 e. The second-order valence-electron chi connectivity index (χ2n) is 6.14.